The maximum Gasteiger partial charge on any atom is 0.242 e. The molecule has 5 heteroatoms. The SMILES string of the molecule is C[C@H](Cl)C(=O)Nc1ccc(Cl)cc1C(=O)c1ccccc1. The van der Waals surface area contributed by atoms with Gasteiger partial charge in [-0.3, -0.25) is 9.59 Å². The second-order valence-electron chi connectivity index (χ2n) is 4.49. The second kappa shape index (κ2) is 6.74. The number of anilines is 1. The number of carbonyl (C=O) groups is 2. The summed E-state index contributed by atoms with van der Waals surface area (Å²) in [4.78, 5) is 24.2. The zero-order valence-electron chi connectivity index (χ0n) is 11.3. The highest BCUT2D eigenvalue weighted by atomic mass is 35.5. The number of carbonyl (C=O) groups excluding carboxylic acids is 2. The molecule has 2 aromatic rings. The summed E-state index contributed by atoms with van der Waals surface area (Å²) in [5, 5.41) is 2.37. The molecule has 3 nitrogen and oxygen atoms in total. The fourth-order valence-corrected chi connectivity index (χ4v) is 2.02. The largest absolute Gasteiger partial charge is 0.324 e. The van der Waals surface area contributed by atoms with E-state index in [1.54, 1.807) is 43.3 Å². The third-order valence-electron chi connectivity index (χ3n) is 2.88. The van der Waals surface area contributed by atoms with Gasteiger partial charge in [-0.05, 0) is 25.1 Å². The van der Waals surface area contributed by atoms with Crippen LogP contribution in [0.1, 0.15) is 22.8 Å². The molecule has 0 heterocycles. The number of nitrogens with one attached hydrogen (secondary N) is 1. The van der Waals surface area contributed by atoms with Crippen molar-refractivity contribution >= 4 is 40.6 Å². The Bertz CT molecular complexity index is 669. The van der Waals surface area contributed by atoms with E-state index in [0.717, 1.165) is 0 Å². The number of rotatable bonds is 4. The summed E-state index contributed by atoms with van der Waals surface area (Å²) >= 11 is 11.7. The highest BCUT2D eigenvalue weighted by Gasteiger charge is 2.17. The minimum atomic E-state index is -0.694. The topological polar surface area (TPSA) is 46.2 Å². The van der Waals surface area contributed by atoms with Crippen molar-refractivity contribution in [1.29, 1.82) is 0 Å². The summed E-state index contributed by atoms with van der Waals surface area (Å²) in [5.74, 6) is -0.586. The lowest BCUT2D eigenvalue weighted by Gasteiger charge is -2.12. The first-order valence-corrected chi connectivity index (χ1v) is 7.14. The Labute approximate surface area is 132 Å². The van der Waals surface area contributed by atoms with Crippen LogP contribution in [-0.2, 0) is 4.79 Å². The highest BCUT2D eigenvalue weighted by Crippen LogP contribution is 2.24. The van der Waals surface area contributed by atoms with Crippen LogP contribution in [0, 0.1) is 0 Å². The summed E-state index contributed by atoms with van der Waals surface area (Å²) in [5.41, 5.74) is 1.25. The molecule has 108 valence electrons. The van der Waals surface area contributed by atoms with E-state index in [-0.39, 0.29) is 11.7 Å². The van der Waals surface area contributed by atoms with Crippen LogP contribution in [-0.4, -0.2) is 17.1 Å². The summed E-state index contributed by atoms with van der Waals surface area (Å²) in [6, 6.07) is 13.5. The van der Waals surface area contributed by atoms with Gasteiger partial charge in [-0.1, -0.05) is 41.9 Å². The van der Waals surface area contributed by atoms with E-state index in [9.17, 15) is 9.59 Å². The van der Waals surface area contributed by atoms with Crippen molar-refractivity contribution in [2.75, 3.05) is 5.32 Å². The van der Waals surface area contributed by atoms with Gasteiger partial charge in [-0.2, -0.15) is 0 Å². The second-order valence-corrected chi connectivity index (χ2v) is 5.58. The van der Waals surface area contributed by atoms with Crippen LogP contribution >= 0.6 is 23.2 Å². The Balaban J connectivity index is 2.40. The number of hydrogen-bond donors (Lipinski definition) is 1. The Kier molecular flexibility index (Phi) is 4.99. The predicted molar refractivity (Wildman–Crippen MR) is 85.3 cm³/mol. The van der Waals surface area contributed by atoms with Crippen LogP contribution in [0.4, 0.5) is 5.69 Å². The third-order valence-corrected chi connectivity index (χ3v) is 3.31. The molecule has 0 fully saturated rings. The van der Waals surface area contributed by atoms with Gasteiger partial charge in [0.2, 0.25) is 5.91 Å². The van der Waals surface area contributed by atoms with E-state index in [1.165, 1.54) is 6.07 Å². The van der Waals surface area contributed by atoms with Crippen molar-refractivity contribution in [1.82, 2.24) is 0 Å². The standard InChI is InChI=1S/C16H13Cl2NO2/c1-10(17)16(21)19-14-8-7-12(18)9-13(14)15(20)11-5-3-2-4-6-11/h2-10H,1H3,(H,19,21)/t10-/m0/s1. The monoisotopic (exact) mass is 321 g/mol. The van der Waals surface area contributed by atoms with E-state index in [2.05, 4.69) is 5.32 Å². The van der Waals surface area contributed by atoms with Gasteiger partial charge in [0, 0.05) is 16.1 Å². The first-order valence-electron chi connectivity index (χ1n) is 6.33. The highest BCUT2D eigenvalue weighted by molar-refractivity contribution is 6.33. The van der Waals surface area contributed by atoms with Gasteiger partial charge in [0.1, 0.15) is 5.38 Å². The van der Waals surface area contributed by atoms with Gasteiger partial charge in [-0.25, -0.2) is 0 Å². The van der Waals surface area contributed by atoms with Crippen molar-refractivity contribution in [3.63, 3.8) is 0 Å². The van der Waals surface area contributed by atoms with Gasteiger partial charge in [-0.15, -0.1) is 11.6 Å². The van der Waals surface area contributed by atoms with E-state index in [4.69, 9.17) is 23.2 Å². The number of benzene rings is 2. The molecule has 1 amide bonds. The lowest BCUT2D eigenvalue weighted by molar-refractivity contribution is -0.115. The summed E-state index contributed by atoms with van der Waals surface area (Å²) in [7, 11) is 0. The normalized spacial score (nSPS) is 11.8. The molecule has 1 atom stereocenters. The number of ketones is 1. The van der Waals surface area contributed by atoms with Gasteiger partial charge >= 0.3 is 0 Å². The first-order chi connectivity index (χ1) is 9.99. The molecule has 0 aromatic heterocycles. The van der Waals surface area contributed by atoms with E-state index < -0.39 is 5.38 Å². The zero-order valence-corrected chi connectivity index (χ0v) is 12.8. The molecule has 0 unspecified atom stereocenters. The fourth-order valence-electron chi connectivity index (χ4n) is 1.79. The maximum absolute atomic E-state index is 12.5. The molecule has 0 saturated carbocycles. The minimum absolute atomic E-state index is 0.212. The van der Waals surface area contributed by atoms with Crippen LogP contribution in [0.5, 0.6) is 0 Å². The van der Waals surface area contributed by atoms with Gasteiger partial charge in [0.25, 0.3) is 0 Å². The van der Waals surface area contributed by atoms with Crippen LogP contribution in [0.25, 0.3) is 0 Å². The first kappa shape index (κ1) is 15.5. The molecular weight excluding hydrogens is 309 g/mol. The molecular formula is C16H13Cl2NO2. The Morgan fingerprint density at radius 1 is 1.10 bits per heavy atom. The van der Waals surface area contributed by atoms with Crippen molar-refractivity contribution < 1.29 is 9.59 Å². The van der Waals surface area contributed by atoms with Gasteiger partial charge < -0.3 is 5.32 Å². The fraction of sp³-hybridized carbons (Fsp3) is 0.125. The maximum atomic E-state index is 12.5. The molecule has 0 spiro atoms. The Morgan fingerprint density at radius 3 is 2.38 bits per heavy atom. The summed E-state index contributed by atoms with van der Waals surface area (Å²) in [6.07, 6.45) is 0. The lowest BCUT2D eigenvalue weighted by Crippen LogP contribution is -2.22. The zero-order chi connectivity index (χ0) is 15.4. The summed E-state index contributed by atoms with van der Waals surface area (Å²) in [6.45, 7) is 1.56. The van der Waals surface area contributed by atoms with E-state index >= 15 is 0 Å². The van der Waals surface area contributed by atoms with Crippen LogP contribution in [0.15, 0.2) is 48.5 Å². The van der Waals surface area contributed by atoms with Crippen molar-refractivity contribution in [3.8, 4) is 0 Å². The predicted octanol–water partition coefficient (Wildman–Crippen LogP) is 4.14. The third kappa shape index (κ3) is 3.84. The van der Waals surface area contributed by atoms with E-state index in [1.807, 2.05) is 6.07 Å². The van der Waals surface area contributed by atoms with Crippen LogP contribution in [0.2, 0.25) is 5.02 Å². The smallest absolute Gasteiger partial charge is 0.242 e. The number of halogens is 2. The van der Waals surface area contributed by atoms with Crippen LogP contribution < -0.4 is 5.32 Å². The van der Waals surface area contributed by atoms with Crippen LogP contribution in [0.3, 0.4) is 0 Å². The molecule has 0 saturated heterocycles. The van der Waals surface area contributed by atoms with Crippen molar-refractivity contribution in [2.45, 2.75) is 12.3 Å². The number of hydrogen-bond acceptors (Lipinski definition) is 2. The molecule has 2 aromatic carbocycles. The molecule has 2 rings (SSSR count). The quantitative estimate of drug-likeness (QED) is 0.679. The van der Waals surface area contributed by atoms with Gasteiger partial charge in [0.15, 0.2) is 5.78 Å². The number of amides is 1. The average molecular weight is 322 g/mol. The molecule has 21 heavy (non-hydrogen) atoms. The molecule has 1 N–H and O–H groups in total. The van der Waals surface area contributed by atoms with Crippen molar-refractivity contribution in [2.24, 2.45) is 0 Å². The van der Waals surface area contributed by atoms with Gasteiger partial charge in [0.05, 0.1) is 5.69 Å². The Morgan fingerprint density at radius 2 is 1.76 bits per heavy atom. The lowest BCUT2D eigenvalue weighted by atomic mass is 10.0. The Hall–Kier alpha value is -1.84. The molecule has 0 bridgehead atoms. The van der Waals surface area contributed by atoms with Crippen molar-refractivity contribution in [3.05, 3.63) is 64.7 Å². The molecule has 0 aliphatic rings. The average Bonchev–Trinajstić information content (AvgIpc) is 2.49. The molecule has 0 aliphatic heterocycles. The number of alkyl halides is 1. The minimum Gasteiger partial charge on any atom is -0.324 e. The molecule has 0 radical (unpaired) electrons. The molecule has 0 aliphatic carbocycles. The summed E-state index contributed by atoms with van der Waals surface area (Å²) < 4.78 is 0. The van der Waals surface area contributed by atoms with E-state index in [0.29, 0.717) is 21.8 Å².